The first-order valence-electron chi connectivity index (χ1n) is 9.00. The standard InChI is InChI=1S/C22H31NO.ClH/c1-16(2)23(17(3)4)14-13-20(19-9-7-6-8-10-19)21-15-18(5)11-12-22(21)24;/h6-12,15-17,20,24H,13-14H2,1-5H3;1H/t20-;/m0./s1. The summed E-state index contributed by atoms with van der Waals surface area (Å²) < 4.78 is 0. The Labute approximate surface area is 159 Å². The lowest BCUT2D eigenvalue weighted by Crippen LogP contribution is -2.38. The molecule has 25 heavy (non-hydrogen) atoms. The van der Waals surface area contributed by atoms with Gasteiger partial charge >= 0.3 is 0 Å². The fraction of sp³-hybridized carbons (Fsp3) is 0.455. The quantitative estimate of drug-likeness (QED) is 0.677. The van der Waals surface area contributed by atoms with Crippen molar-refractivity contribution in [2.24, 2.45) is 0 Å². The van der Waals surface area contributed by atoms with Gasteiger partial charge in [0, 0.05) is 23.6 Å². The van der Waals surface area contributed by atoms with Gasteiger partial charge in [-0.3, -0.25) is 4.90 Å². The number of phenolic OH excluding ortho intramolecular Hbond substituents is 1. The number of rotatable bonds is 7. The predicted molar refractivity (Wildman–Crippen MR) is 110 cm³/mol. The van der Waals surface area contributed by atoms with Gasteiger partial charge in [0.05, 0.1) is 0 Å². The van der Waals surface area contributed by atoms with E-state index in [-0.39, 0.29) is 18.3 Å². The van der Waals surface area contributed by atoms with Gasteiger partial charge < -0.3 is 5.11 Å². The third-order valence-electron chi connectivity index (χ3n) is 4.76. The third-order valence-corrected chi connectivity index (χ3v) is 4.76. The van der Waals surface area contributed by atoms with Crippen molar-refractivity contribution in [3.63, 3.8) is 0 Å². The Balaban J connectivity index is 0.00000312. The first kappa shape index (κ1) is 21.5. The number of aryl methyl sites for hydroxylation is 1. The van der Waals surface area contributed by atoms with E-state index in [9.17, 15) is 5.11 Å². The summed E-state index contributed by atoms with van der Waals surface area (Å²) in [6.45, 7) is 12.1. The Hall–Kier alpha value is -1.51. The highest BCUT2D eigenvalue weighted by atomic mass is 35.5. The molecule has 3 heteroatoms. The van der Waals surface area contributed by atoms with Crippen molar-refractivity contribution in [2.75, 3.05) is 6.54 Å². The Morgan fingerprint density at radius 2 is 1.52 bits per heavy atom. The van der Waals surface area contributed by atoms with E-state index in [4.69, 9.17) is 0 Å². The lowest BCUT2D eigenvalue weighted by Gasteiger charge is -2.32. The second-order valence-electron chi connectivity index (χ2n) is 7.24. The van der Waals surface area contributed by atoms with Crippen molar-refractivity contribution in [3.8, 4) is 5.75 Å². The van der Waals surface area contributed by atoms with Crippen LogP contribution in [0, 0.1) is 6.92 Å². The normalized spacial score (nSPS) is 12.5. The molecule has 0 fully saturated rings. The topological polar surface area (TPSA) is 23.5 Å². The molecule has 138 valence electrons. The smallest absolute Gasteiger partial charge is 0.119 e. The Kier molecular flexibility index (Phi) is 8.47. The molecule has 0 aliphatic carbocycles. The first-order chi connectivity index (χ1) is 11.4. The molecule has 1 atom stereocenters. The minimum Gasteiger partial charge on any atom is -0.508 e. The van der Waals surface area contributed by atoms with Crippen LogP contribution in [0.4, 0.5) is 0 Å². The zero-order valence-electron chi connectivity index (χ0n) is 16.1. The summed E-state index contributed by atoms with van der Waals surface area (Å²) in [7, 11) is 0. The Bertz CT molecular complexity index is 632. The number of halogens is 1. The molecular weight excluding hydrogens is 330 g/mol. The van der Waals surface area contributed by atoms with E-state index in [0.29, 0.717) is 17.8 Å². The molecule has 2 aromatic carbocycles. The summed E-state index contributed by atoms with van der Waals surface area (Å²) in [6.07, 6.45) is 0.997. The Morgan fingerprint density at radius 3 is 2.08 bits per heavy atom. The predicted octanol–water partition coefficient (Wildman–Crippen LogP) is 5.76. The van der Waals surface area contributed by atoms with Crippen molar-refractivity contribution in [3.05, 3.63) is 65.2 Å². The molecule has 2 aromatic rings. The van der Waals surface area contributed by atoms with E-state index < -0.39 is 0 Å². The van der Waals surface area contributed by atoms with E-state index in [0.717, 1.165) is 18.5 Å². The van der Waals surface area contributed by atoms with Crippen LogP contribution in [0.3, 0.4) is 0 Å². The number of hydrogen-bond acceptors (Lipinski definition) is 2. The van der Waals surface area contributed by atoms with Crippen LogP contribution in [0.15, 0.2) is 48.5 Å². The minimum absolute atomic E-state index is 0. The second-order valence-corrected chi connectivity index (χ2v) is 7.24. The molecule has 0 radical (unpaired) electrons. The number of benzene rings is 2. The molecule has 0 aromatic heterocycles. The van der Waals surface area contributed by atoms with Crippen molar-refractivity contribution in [2.45, 2.75) is 59.0 Å². The van der Waals surface area contributed by atoms with Gasteiger partial charge in [0.15, 0.2) is 0 Å². The second kappa shape index (κ2) is 9.84. The van der Waals surface area contributed by atoms with Crippen LogP contribution in [-0.2, 0) is 0 Å². The number of hydrogen-bond donors (Lipinski definition) is 1. The molecule has 0 spiro atoms. The van der Waals surface area contributed by atoms with Gasteiger partial charge in [0.2, 0.25) is 0 Å². The molecule has 2 nitrogen and oxygen atoms in total. The summed E-state index contributed by atoms with van der Waals surface area (Å²) in [5.74, 6) is 0.612. The fourth-order valence-corrected chi connectivity index (χ4v) is 3.53. The van der Waals surface area contributed by atoms with Gasteiger partial charge in [0.25, 0.3) is 0 Å². The summed E-state index contributed by atoms with van der Waals surface area (Å²) >= 11 is 0. The van der Waals surface area contributed by atoms with E-state index >= 15 is 0 Å². The molecular formula is C22H32ClNO. The maximum atomic E-state index is 10.4. The van der Waals surface area contributed by atoms with Crippen molar-refractivity contribution in [1.29, 1.82) is 0 Å². The van der Waals surface area contributed by atoms with Gasteiger partial charge in [-0.1, -0.05) is 48.0 Å². The van der Waals surface area contributed by atoms with Crippen LogP contribution in [0.2, 0.25) is 0 Å². The van der Waals surface area contributed by atoms with Crippen LogP contribution >= 0.6 is 12.4 Å². The van der Waals surface area contributed by atoms with E-state index in [1.165, 1.54) is 11.1 Å². The van der Waals surface area contributed by atoms with Crippen LogP contribution in [0.5, 0.6) is 5.75 Å². The highest BCUT2D eigenvalue weighted by molar-refractivity contribution is 5.85. The van der Waals surface area contributed by atoms with Crippen LogP contribution in [0.25, 0.3) is 0 Å². The fourth-order valence-electron chi connectivity index (χ4n) is 3.53. The highest BCUT2D eigenvalue weighted by Crippen LogP contribution is 2.35. The molecule has 1 N–H and O–H groups in total. The average molecular weight is 362 g/mol. The molecule has 0 amide bonds. The largest absolute Gasteiger partial charge is 0.508 e. The van der Waals surface area contributed by atoms with Crippen molar-refractivity contribution < 1.29 is 5.11 Å². The van der Waals surface area contributed by atoms with E-state index in [1.807, 2.05) is 18.2 Å². The van der Waals surface area contributed by atoms with Gasteiger partial charge in [0.1, 0.15) is 5.75 Å². The lowest BCUT2D eigenvalue weighted by molar-refractivity contribution is 0.170. The maximum absolute atomic E-state index is 10.4. The highest BCUT2D eigenvalue weighted by Gasteiger charge is 2.21. The summed E-state index contributed by atoms with van der Waals surface area (Å²) in [4.78, 5) is 2.52. The van der Waals surface area contributed by atoms with E-state index in [2.05, 4.69) is 69.9 Å². The van der Waals surface area contributed by atoms with Gasteiger partial charge in [-0.2, -0.15) is 0 Å². The molecule has 0 unspecified atom stereocenters. The summed E-state index contributed by atoms with van der Waals surface area (Å²) in [5, 5.41) is 10.4. The number of nitrogens with zero attached hydrogens (tertiary/aromatic N) is 1. The third kappa shape index (κ3) is 5.76. The van der Waals surface area contributed by atoms with Crippen LogP contribution in [-0.4, -0.2) is 28.6 Å². The molecule has 0 bridgehead atoms. The molecule has 0 saturated heterocycles. The molecule has 0 saturated carbocycles. The zero-order chi connectivity index (χ0) is 17.7. The molecule has 0 aliphatic heterocycles. The molecule has 0 heterocycles. The lowest BCUT2D eigenvalue weighted by atomic mass is 9.87. The van der Waals surface area contributed by atoms with Crippen LogP contribution in [0.1, 0.15) is 56.7 Å². The SMILES string of the molecule is Cc1ccc(O)c([C@@H](CCN(C(C)C)C(C)C)c2ccccc2)c1.Cl. The van der Waals surface area contributed by atoms with Crippen molar-refractivity contribution in [1.82, 2.24) is 4.90 Å². The van der Waals surface area contributed by atoms with Crippen molar-refractivity contribution >= 4 is 12.4 Å². The number of phenols is 1. The van der Waals surface area contributed by atoms with Gasteiger partial charge in [-0.25, -0.2) is 0 Å². The number of aromatic hydroxyl groups is 1. The summed E-state index contributed by atoms with van der Waals surface area (Å²) in [5.41, 5.74) is 3.49. The van der Waals surface area contributed by atoms with Crippen LogP contribution < -0.4 is 0 Å². The Morgan fingerprint density at radius 1 is 0.920 bits per heavy atom. The monoisotopic (exact) mass is 361 g/mol. The molecule has 0 aliphatic rings. The van der Waals surface area contributed by atoms with Gasteiger partial charge in [-0.15, -0.1) is 12.4 Å². The zero-order valence-corrected chi connectivity index (χ0v) is 16.9. The average Bonchev–Trinajstić information content (AvgIpc) is 2.54. The first-order valence-corrected chi connectivity index (χ1v) is 9.00. The minimum atomic E-state index is 0. The maximum Gasteiger partial charge on any atom is 0.119 e. The van der Waals surface area contributed by atoms with E-state index in [1.54, 1.807) is 0 Å². The molecule has 2 rings (SSSR count). The summed E-state index contributed by atoms with van der Waals surface area (Å²) in [6, 6.07) is 17.5. The van der Waals surface area contributed by atoms with Gasteiger partial charge in [-0.05, 0) is 59.2 Å².